The monoisotopic (exact) mass is 302 g/mol. The maximum absolute atomic E-state index is 11.8. The van der Waals surface area contributed by atoms with Crippen molar-refractivity contribution in [1.29, 1.82) is 0 Å². The van der Waals surface area contributed by atoms with E-state index in [9.17, 15) is 4.79 Å². The predicted molar refractivity (Wildman–Crippen MR) is 88.4 cm³/mol. The fourth-order valence-corrected chi connectivity index (χ4v) is 2.93. The fourth-order valence-electron chi connectivity index (χ4n) is 2.11. The van der Waals surface area contributed by atoms with E-state index >= 15 is 0 Å². The molecule has 0 aliphatic rings. The lowest BCUT2D eigenvalue weighted by atomic mass is 10.2. The van der Waals surface area contributed by atoms with Crippen LogP contribution < -0.4 is 5.32 Å². The Kier molecular flexibility index (Phi) is 6.41. The molecule has 21 heavy (non-hydrogen) atoms. The minimum absolute atomic E-state index is 0.0661. The van der Waals surface area contributed by atoms with Crippen LogP contribution in [-0.4, -0.2) is 17.4 Å². The van der Waals surface area contributed by atoms with Gasteiger partial charge in [0, 0.05) is 17.5 Å². The fraction of sp³-hybridized carbons (Fsp3) is 0.412. The van der Waals surface area contributed by atoms with Crippen molar-refractivity contribution in [2.24, 2.45) is 0 Å². The molecule has 3 nitrogen and oxygen atoms in total. The summed E-state index contributed by atoms with van der Waals surface area (Å²) in [6, 6.07) is 10.1. The van der Waals surface area contributed by atoms with Crippen LogP contribution in [0, 0.1) is 0 Å². The molecule has 1 amide bonds. The van der Waals surface area contributed by atoms with Crippen molar-refractivity contribution in [3.63, 3.8) is 0 Å². The molecule has 112 valence electrons. The number of aromatic nitrogens is 1. The number of nitrogens with one attached hydrogen (secondary N) is 1. The highest BCUT2D eigenvalue weighted by molar-refractivity contribution is 7.13. The summed E-state index contributed by atoms with van der Waals surface area (Å²) in [5.41, 5.74) is 1.96. The Hall–Kier alpha value is -1.68. The third-order valence-corrected chi connectivity index (χ3v) is 4.21. The molecule has 2 rings (SSSR count). The summed E-state index contributed by atoms with van der Waals surface area (Å²) < 4.78 is 0. The summed E-state index contributed by atoms with van der Waals surface area (Å²) in [5, 5.41) is 5.91. The molecule has 0 fully saturated rings. The van der Waals surface area contributed by atoms with Gasteiger partial charge in [0.1, 0.15) is 5.01 Å². The lowest BCUT2D eigenvalue weighted by molar-refractivity contribution is -0.120. The maximum atomic E-state index is 11.8. The first kappa shape index (κ1) is 15.7. The lowest BCUT2D eigenvalue weighted by Crippen LogP contribution is -2.26. The predicted octanol–water partition coefficient (Wildman–Crippen LogP) is 4.05. The van der Waals surface area contributed by atoms with E-state index in [1.54, 1.807) is 11.3 Å². The number of hydrogen-bond acceptors (Lipinski definition) is 3. The Bertz CT molecular complexity index is 551. The van der Waals surface area contributed by atoms with Gasteiger partial charge in [0.2, 0.25) is 5.91 Å². The van der Waals surface area contributed by atoms with Gasteiger partial charge in [-0.15, -0.1) is 11.3 Å². The van der Waals surface area contributed by atoms with Crippen LogP contribution in [0.3, 0.4) is 0 Å². The number of carbonyl (C=O) groups excluding carboxylic acids is 1. The summed E-state index contributed by atoms with van der Waals surface area (Å²) in [7, 11) is 0. The van der Waals surface area contributed by atoms with Crippen LogP contribution in [0.2, 0.25) is 0 Å². The first-order chi connectivity index (χ1) is 10.3. The Morgan fingerprint density at radius 3 is 2.76 bits per heavy atom. The molecule has 0 saturated heterocycles. The van der Waals surface area contributed by atoms with Crippen LogP contribution in [-0.2, 0) is 11.2 Å². The molecule has 2 aromatic rings. The largest absolute Gasteiger partial charge is 0.356 e. The standard InChI is InChI=1S/C17H22N2OS/c1-2-3-4-8-11-18-16(20)12-15-13-21-17(19-15)14-9-6-5-7-10-14/h5-7,9-10,13H,2-4,8,11-12H2,1H3,(H,18,20). The van der Waals surface area contributed by atoms with Crippen molar-refractivity contribution in [3.8, 4) is 10.6 Å². The van der Waals surface area contributed by atoms with Gasteiger partial charge in [-0.3, -0.25) is 4.79 Å². The zero-order chi connectivity index (χ0) is 14.9. The summed E-state index contributed by atoms with van der Waals surface area (Å²) in [4.78, 5) is 16.4. The molecule has 0 bridgehead atoms. The topological polar surface area (TPSA) is 42.0 Å². The van der Waals surface area contributed by atoms with Crippen LogP contribution in [0.4, 0.5) is 0 Å². The number of hydrogen-bond donors (Lipinski definition) is 1. The second-order valence-corrected chi connectivity index (χ2v) is 5.96. The van der Waals surface area contributed by atoms with E-state index in [0.29, 0.717) is 6.42 Å². The summed E-state index contributed by atoms with van der Waals surface area (Å²) in [5.74, 6) is 0.0661. The Morgan fingerprint density at radius 2 is 2.00 bits per heavy atom. The van der Waals surface area contributed by atoms with Gasteiger partial charge in [0.15, 0.2) is 0 Å². The average molecular weight is 302 g/mol. The van der Waals surface area contributed by atoms with E-state index in [2.05, 4.69) is 17.2 Å². The highest BCUT2D eigenvalue weighted by Crippen LogP contribution is 2.23. The van der Waals surface area contributed by atoms with Gasteiger partial charge in [0.25, 0.3) is 0 Å². The third kappa shape index (κ3) is 5.31. The quantitative estimate of drug-likeness (QED) is 0.747. The minimum Gasteiger partial charge on any atom is -0.356 e. The average Bonchev–Trinajstić information content (AvgIpc) is 2.96. The number of unbranched alkanes of at least 4 members (excludes halogenated alkanes) is 3. The van der Waals surface area contributed by atoms with Crippen molar-refractivity contribution in [3.05, 3.63) is 41.4 Å². The van der Waals surface area contributed by atoms with E-state index in [1.807, 2.05) is 35.7 Å². The molecule has 0 spiro atoms. The van der Waals surface area contributed by atoms with E-state index < -0.39 is 0 Å². The second kappa shape index (κ2) is 8.57. The smallest absolute Gasteiger partial charge is 0.226 e. The molecule has 0 unspecified atom stereocenters. The van der Waals surface area contributed by atoms with Gasteiger partial charge in [-0.25, -0.2) is 4.98 Å². The summed E-state index contributed by atoms with van der Waals surface area (Å²) in [6.07, 6.45) is 5.08. The maximum Gasteiger partial charge on any atom is 0.226 e. The van der Waals surface area contributed by atoms with Crippen LogP contribution in [0.15, 0.2) is 35.7 Å². The molecule has 1 heterocycles. The molecule has 1 aromatic carbocycles. The number of thiazole rings is 1. The van der Waals surface area contributed by atoms with Crippen molar-refractivity contribution >= 4 is 17.2 Å². The molecule has 0 aliphatic heterocycles. The summed E-state index contributed by atoms with van der Waals surface area (Å²) in [6.45, 7) is 2.96. The molecule has 0 saturated carbocycles. The number of rotatable bonds is 8. The first-order valence-electron chi connectivity index (χ1n) is 7.56. The van der Waals surface area contributed by atoms with E-state index in [1.165, 1.54) is 19.3 Å². The molecule has 0 aliphatic carbocycles. The second-order valence-electron chi connectivity index (χ2n) is 5.10. The third-order valence-electron chi connectivity index (χ3n) is 3.27. The van der Waals surface area contributed by atoms with Crippen LogP contribution >= 0.6 is 11.3 Å². The number of amides is 1. The highest BCUT2D eigenvalue weighted by atomic mass is 32.1. The SMILES string of the molecule is CCCCCCNC(=O)Cc1csc(-c2ccccc2)n1. The van der Waals surface area contributed by atoms with Gasteiger partial charge in [-0.05, 0) is 6.42 Å². The molecule has 0 atom stereocenters. The first-order valence-corrected chi connectivity index (χ1v) is 8.44. The molecular weight excluding hydrogens is 280 g/mol. The van der Waals surface area contributed by atoms with Gasteiger partial charge >= 0.3 is 0 Å². The Labute approximate surface area is 130 Å². The van der Waals surface area contributed by atoms with Crippen LogP contribution in [0.5, 0.6) is 0 Å². The van der Waals surface area contributed by atoms with Crippen molar-refractivity contribution in [2.45, 2.75) is 39.0 Å². The Morgan fingerprint density at radius 1 is 1.19 bits per heavy atom. The lowest BCUT2D eigenvalue weighted by Gasteiger charge is -2.03. The molecule has 1 aromatic heterocycles. The van der Waals surface area contributed by atoms with E-state index in [-0.39, 0.29) is 5.91 Å². The van der Waals surface area contributed by atoms with Gasteiger partial charge in [-0.2, -0.15) is 0 Å². The minimum atomic E-state index is 0.0661. The normalized spacial score (nSPS) is 10.5. The molecule has 1 N–H and O–H groups in total. The number of nitrogens with zero attached hydrogens (tertiary/aromatic N) is 1. The van der Waals surface area contributed by atoms with E-state index in [0.717, 1.165) is 29.2 Å². The van der Waals surface area contributed by atoms with Gasteiger partial charge in [0.05, 0.1) is 12.1 Å². The zero-order valence-corrected chi connectivity index (χ0v) is 13.3. The van der Waals surface area contributed by atoms with Crippen molar-refractivity contribution in [2.75, 3.05) is 6.54 Å². The molecular formula is C17H22N2OS. The van der Waals surface area contributed by atoms with Crippen molar-refractivity contribution < 1.29 is 4.79 Å². The molecule has 0 radical (unpaired) electrons. The highest BCUT2D eigenvalue weighted by Gasteiger charge is 2.08. The zero-order valence-electron chi connectivity index (χ0n) is 12.5. The Balaban J connectivity index is 1.78. The number of benzene rings is 1. The molecule has 4 heteroatoms. The van der Waals surface area contributed by atoms with E-state index in [4.69, 9.17) is 0 Å². The van der Waals surface area contributed by atoms with Gasteiger partial charge < -0.3 is 5.32 Å². The number of carbonyl (C=O) groups is 1. The summed E-state index contributed by atoms with van der Waals surface area (Å²) >= 11 is 1.59. The van der Waals surface area contributed by atoms with Crippen molar-refractivity contribution in [1.82, 2.24) is 10.3 Å². The van der Waals surface area contributed by atoms with Crippen LogP contribution in [0.25, 0.3) is 10.6 Å². The van der Waals surface area contributed by atoms with Crippen LogP contribution in [0.1, 0.15) is 38.3 Å². The van der Waals surface area contributed by atoms with Gasteiger partial charge in [-0.1, -0.05) is 56.5 Å².